The van der Waals surface area contributed by atoms with Crippen molar-refractivity contribution in [1.29, 1.82) is 0 Å². The van der Waals surface area contributed by atoms with Crippen LogP contribution in [0.1, 0.15) is 24.0 Å². The average molecular weight is 483 g/mol. The Bertz CT molecular complexity index is 1190. The number of sulfonamides is 1. The highest BCUT2D eigenvalue weighted by atomic mass is 32.2. The van der Waals surface area contributed by atoms with Crippen LogP contribution in [-0.2, 0) is 26.0 Å². The van der Waals surface area contributed by atoms with Crippen LogP contribution in [0.15, 0.2) is 83.8 Å². The Morgan fingerprint density at radius 1 is 1.09 bits per heavy atom. The van der Waals surface area contributed by atoms with Crippen LogP contribution in [0.3, 0.4) is 0 Å². The molecule has 0 radical (unpaired) electrons. The van der Waals surface area contributed by atoms with E-state index in [-0.39, 0.29) is 23.5 Å². The van der Waals surface area contributed by atoms with Crippen LogP contribution >= 0.6 is 0 Å². The lowest BCUT2D eigenvalue weighted by Gasteiger charge is -2.36. The van der Waals surface area contributed by atoms with Gasteiger partial charge in [0.05, 0.1) is 16.4 Å². The SMILES string of the molecule is Cc1ccc(S(=O)(=O)N(C)C(CC2(C(=O)[C@@H](N)Cc3ccccc3)C=CC=CC2)C(=O)O)cc1. The first-order valence-electron chi connectivity index (χ1n) is 11.0. The maximum Gasteiger partial charge on any atom is 0.322 e. The van der Waals surface area contributed by atoms with Gasteiger partial charge in [-0.25, -0.2) is 8.42 Å². The van der Waals surface area contributed by atoms with Crippen molar-refractivity contribution in [3.63, 3.8) is 0 Å². The predicted molar refractivity (Wildman–Crippen MR) is 131 cm³/mol. The second kappa shape index (κ2) is 10.5. The van der Waals surface area contributed by atoms with Crippen LogP contribution in [0.2, 0.25) is 0 Å². The summed E-state index contributed by atoms with van der Waals surface area (Å²) < 4.78 is 27.2. The first-order chi connectivity index (χ1) is 16.1. The number of Topliss-reactive ketones (excluding diaryl/α,β-unsaturated/α-hetero) is 1. The molecule has 180 valence electrons. The van der Waals surface area contributed by atoms with E-state index in [0.29, 0.717) is 6.42 Å². The molecule has 0 saturated carbocycles. The van der Waals surface area contributed by atoms with Crippen LogP contribution in [0.4, 0.5) is 0 Å². The summed E-state index contributed by atoms with van der Waals surface area (Å²) in [5.41, 5.74) is 6.84. The third-order valence-corrected chi connectivity index (χ3v) is 8.13. The molecule has 7 nitrogen and oxygen atoms in total. The summed E-state index contributed by atoms with van der Waals surface area (Å²) in [5.74, 6) is -1.64. The van der Waals surface area contributed by atoms with Gasteiger partial charge in [-0.15, -0.1) is 0 Å². The van der Waals surface area contributed by atoms with Gasteiger partial charge in [0.1, 0.15) is 6.04 Å². The van der Waals surface area contributed by atoms with Crippen molar-refractivity contribution in [1.82, 2.24) is 4.31 Å². The Balaban J connectivity index is 1.91. The molecule has 2 aromatic rings. The predicted octanol–water partition coefficient (Wildman–Crippen LogP) is 3.10. The molecule has 0 aliphatic heterocycles. The molecule has 8 heteroatoms. The summed E-state index contributed by atoms with van der Waals surface area (Å²) in [5, 5.41) is 10.0. The molecule has 34 heavy (non-hydrogen) atoms. The van der Waals surface area contributed by atoms with E-state index in [1.165, 1.54) is 19.2 Å². The normalized spacial score (nSPS) is 19.6. The lowest BCUT2D eigenvalue weighted by molar-refractivity contribution is -0.143. The maximum absolute atomic E-state index is 13.6. The number of carbonyl (C=O) groups excluding carboxylic acids is 1. The van der Waals surface area contributed by atoms with Crippen LogP contribution in [0.5, 0.6) is 0 Å². The van der Waals surface area contributed by atoms with E-state index in [4.69, 9.17) is 5.73 Å². The fourth-order valence-electron chi connectivity index (χ4n) is 4.19. The number of ketones is 1. The smallest absolute Gasteiger partial charge is 0.322 e. The molecule has 0 spiro atoms. The molecule has 3 rings (SSSR count). The van der Waals surface area contributed by atoms with Crippen molar-refractivity contribution in [3.05, 3.63) is 90.0 Å². The molecule has 0 saturated heterocycles. The highest BCUT2D eigenvalue weighted by molar-refractivity contribution is 7.89. The van der Waals surface area contributed by atoms with Crippen molar-refractivity contribution in [2.75, 3.05) is 7.05 Å². The fraction of sp³-hybridized carbons (Fsp3) is 0.308. The van der Waals surface area contributed by atoms with Gasteiger partial charge in [-0.05, 0) is 43.9 Å². The number of likely N-dealkylation sites (N-methyl/N-ethyl adjacent to an activating group) is 1. The zero-order valence-corrected chi connectivity index (χ0v) is 20.1. The number of aliphatic carboxylic acids is 1. The van der Waals surface area contributed by atoms with E-state index in [9.17, 15) is 23.1 Å². The number of hydrogen-bond acceptors (Lipinski definition) is 5. The standard InChI is InChI=1S/C26H30N2O5S/c1-19-11-13-21(14-12-19)34(32,33)28(2)23(25(30)31)18-26(15-7-4-8-16-26)24(29)22(27)17-20-9-5-3-6-10-20/h3-15,22-23H,16-18,27H2,1-2H3,(H,30,31)/t22-,23?,26?/m0/s1. The summed E-state index contributed by atoms with van der Waals surface area (Å²) in [4.78, 5) is 25.9. The maximum atomic E-state index is 13.6. The van der Waals surface area contributed by atoms with Gasteiger partial charge in [0.25, 0.3) is 0 Å². The van der Waals surface area contributed by atoms with Crippen LogP contribution in [0, 0.1) is 12.3 Å². The number of rotatable bonds is 10. The molecule has 0 aromatic heterocycles. The van der Waals surface area contributed by atoms with Crippen molar-refractivity contribution in [2.45, 2.75) is 43.2 Å². The number of hydrogen-bond donors (Lipinski definition) is 2. The Kier molecular flexibility index (Phi) is 7.86. The van der Waals surface area contributed by atoms with E-state index in [0.717, 1.165) is 15.4 Å². The molecular formula is C26H30N2O5S. The number of carbonyl (C=O) groups is 2. The first-order valence-corrected chi connectivity index (χ1v) is 12.5. The zero-order valence-electron chi connectivity index (χ0n) is 19.3. The van der Waals surface area contributed by atoms with Gasteiger partial charge in [0, 0.05) is 7.05 Å². The van der Waals surface area contributed by atoms with Gasteiger partial charge in [-0.1, -0.05) is 72.3 Å². The van der Waals surface area contributed by atoms with Gasteiger partial charge >= 0.3 is 5.97 Å². The number of benzene rings is 2. The third kappa shape index (κ3) is 5.52. The van der Waals surface area contributed by atoms with E-state index in [1.54, 1.807) is 36.4 Å². The Hall–Kier alpha value is -3.07. The Morgan fingerprint density at radius 2 is 1.74 bits per heavy atom. The summed E-state index contributed by atoms with van der Waals surface area (Å²) >= 11 is 0. The van der Waals surface area contributed by atoms with Crippen LogP contribution in [0.25, 0.3) is 0 Å². The van der Waals surface area contributed by atoms with Crippen LogP contribution < -0.4 is 5.73 Å². The second-order valence-electron chi connectivity index (χ2n) is 8.70. The minimum atomic E-state index is -4.10. The monoisotopic (exact) mass is 482 g/mol. The largest absolute Gasteiger partial charge is 0.480 e. The molecule has 1 aliphatic carbocycles. The van der Waals surface area contributed by atoms with Crippen molar-refractivity contribution >= 4 is 21.8 Å². The lowest BCUT2D eigenvalue weighted by Crippen LogP contribution is -2.50. The molecule has 2 aromatic carbocycles. The topological polar surface area (TPSA) is 118 Å². The van der Waals surface area contributed by atoms with Crippen molar-refractivity contribution in [2.24, 2.45) is 11.1 Å². The molecular weight excluding hydrogens is 452 g/mol. The molecule has 1 aliphatic rings. The van der Waals surface area contributed by atoms with E-state index in [1.807, 2.05) is 37.3 Å². The van der Waals surface area contributed by atoms with Crippen molar-refractivity contribution < 1.29 is 23.1 Å². The highest BCUT2D eigenvalue weighted by Crippen LogP contribution is 2.37. The Morgan fingerprint density at radius 3 is 2.29 bits per heavy atom. The van der Waals surface area contributed by atoms with E-state index < -0.39 is 33.5 Å². The average Bonchev–Trinajstić information content (AvgIpc) is 2.83. The number of carboxylic acids is 1. The van der Waals surface area contributed by atoms with Gasteiger partial charge in [0.15, 0.2) is 5.78 Å². The molecule has 0 fully saturated rings. The summed E-state index contributed by atoms with van der Waals surface area (Å²) in [6, 6.07) is 13.2. The summed E-state index contributed by atoms with van der Waals surface area (Å²) in [6.45, 7) is 1.83. The number of nitrogens with two attached hydrogens (primary N) is 1. The first kappa shape index (κ1) is 25.6. The number of aryl methyl sites for hydroxylation is 1. The highest BCUT2D eigenvalue weighted by Gasteiger charge is 2.45. The molecule has 3 N–H and O–H groups in total. The van der Waals surface area contributed by atoms with Gasteiger partial charge in [-0.3, -0.25) is 9.59 Å². The minimum absolute atomic E-state index is 0.00733. The second-order valence-corrected chi connectivity index (χ2v) is 10.7. The zero-order chi connectivity index (χ0) is 24.9. The van der Waals surface area contributed by atoms with Gasteiger partial charge < -0.3 is 10.8 Å². The van der Waals surface area contributed by atoms with E-state index >= 15 is 0 Å². The van der Waals surface area contributed by atoms with Crippen molar-refractivity contribution in [3.8, 4) is 0 Å². The third-order valence-electron chi connectivity index (χ3n) is 6.25. The number of carboxylic acid groups (broad SMARTS) is 1. The molecule has 0 bridgehead atoms. The number of allylic oxidation sites excluding steroid dienone is 4. The molecule has 3 atom stereocenters. The van der Waals surface area contributed by atoms with Gasteiger partial charge in [-0.2, -0.15) is 4.31 Å². The quantitative estimate of drug-likeness (QED) is 0.537. The Labute approximate surface area is 200 Å². The fourth-order valence-corrected chi connectivity index (χ4v) is 5.50. The lowest BCUT2D eigenvalue weighted by atomic mass is 9.70. The van der Waals surface area contributed by atoms with E-state index in [2.05, 4.69) is 0 Å². The minimum Gasteiger partial charge on any atom is -0.480 e. The molecule has 0 amide bonds. The molecule has 0 heterocycles. The number of nitrogens with zero attached hydrogens (tertiary/aromatic N) is 1. The van der Waals surface area contributed by atoms with Crippen LogP contribution in [-0.4, -0.2) is 48.7 Å². The molecule has 2 unspecified atom stereocenters. The summed E-state index contributed by atoms with van der Waals surface area (Å²) in [6.07, 6.45) is 7.21. The van der Waals surface area contributed by atoms with Gasteiger partial charge in [0.2, 0.25) is 10.0 Å². The summed E-state index contributed by atoms with van der Waals surface area (Å²) in [7, 11) is -2.87.